The molecule has 0 atom stereocenters. The number of aromatic nitrogens is 2. The summed E-state index contributed by atoms with van der Waals surface area (Å²) in [5.41, 5.74) is 0.912. The fraction of sp³-hybridized carbons (Fsp3) is 0.636. The highest BCUT2D eigenvalue weighted by atomic mass is 32.2. The molecule has 0 aliphatic rings. The van der Waals surface area contributed by atoms with E-state index in [1.807, 2.05) is 13.8 Å². The van der Waals surface area contributed by atoms with Gasteiger partial charge in [0, 0.05) is 25.6 Å². The Balaban J connectivity index is 2.72. The maximum Gasteiger partial charge on any atom is 0.209 e. The van der Waals surface area contributed by atoms with E-state index < -0.39 is 10.0 Å². The minimum absolute atomic E-state index is 0.0380. The summed E-state index contributed by atoms with van der Waals surface area (Å²) < 4.78 is 21.6. The van der Waals surface area contributed by atoms with Crippen molar-refractivity contribution in [3.05, 3.63) is 11.4 Å². The van der Waals surface area contributed by atoms with E-state index in [0.717, 1.165) is 29.4 Å². The predicted molar refractivity (Wildman–Crippen MR) is 76.8 cm³/mol. The van der Waals surface area contributed by atoms with E-state index in [4.69, 9.17) is 5.14 Å². The van der Waals surface area contributed by atoms with Crippen LogP contribution in [-0.2, 0) is 16.4 Å². The standard InChI is InChI=1S/C11H21N5O2S/c1-4-9-15-10(13-3)8(2)11(16-9)14-6-5-7-19(12,17)18/h4-7H2,1-3H3,(H2,12,17,18)(H2,13,14,15,16). The van der Waals surface area contributed by atoms with Crippen molar-refractivity contribution in [2.75, 3.05) is 30.0 Å². The first kappa shape index (κ1) is 15.6. The van der Waals surface area contributed by atoms with Gasteiger partial charge in [-0.05, 0) is 13.3 Å². The number of aryl methyl sites for hydroxylation is 1. The van der Waals surface area contributed by atoms with Gasteiger partial charge in [-0.25, -0.2) is 23.5 Å². The van der Waals surface area contributed by atoms with Crippen LogP contribution >= 0.6 is 0 Å². The number of nitrogens with two attached hydrogens (primary N) is 1. The molecule has 1 rings (SSSR count). The molecular formula is C11H21N5O2S. The fourth-order valence-corrected chi connectivity index (χ4v) is 2.16. The van der Waals surface area contributed by atoms with Gasteiger partial charge in [-0.3, -0.25) is 0 Å². The van der Waals surface area contributed by atoms with Gasteiger partial charge < -0.3 is 10.6 Å². The van der Waals surface area contributed by atoms with Crippen LogP contribution in [-0.4, -0.2) is 37.7 Å². The molecule has 0 bridgehead atoms. The molecule has 0 radical (unpaired) electrons. The molecule has 0 aliphatic carbocycles. The van der Waals surface area contributed by atoms with Gasteiger partial charge in [0.25, 0.3) is 0 Å². The lowest BCUT2D eigenvalue weighted by atomic mass is 10.3. The molecule has 19 heavy (non-hydrogen) atoms. The summed E-state index contributed by atoms with van der Waals surface area (Å²) in [6.45, 7) is 4.39. The van der Waals surface area contributed by atoms with Crippen molar-refractivity contribution < 1.29 is 8.42 Å². The van der Waals surface area contributed by atoms with E-state index in [2.05, 4.69) is 20.6 Å². The van der Waals surface area contributed by atoms with E-state index in [1.165, 1.54) is 0 Å². The molecule has 0 amide bonds. The molecule has 4 N–H and O–H groups in total. The molecule has 0 fully saturated rings. The van der Waals surface area contributed by atoms with Crippen molar-refractivity contribution in [1.29, 1.82) is 0 Å². The highest BCUT2D eigenvalue weighted by molar-refractivity contribution is 7.89. The van der Waals surface area contributed by atoms with Gasteiger partial charge in [-0.2, -0.15) is 0 Å². The first-order valence-corrected chi connectivity index (χ1v) is 7.88. The van der Waals surface area contributed by atoms with E-state index >= 15 is 0 Å². The minimum atomic E-state index is -3.40. The third-order valence-electron chi connectivity index (χ3n) is 2.64. The van der Waals surface area contributed by atoms with Gasteiger partial charge in [-0.15, -0.1) is 0 Å². The lowest BCUT2D eigenvalue weighted by molar-refractivity contribution is 0.595. The van der Waals surface area contributed by atoms with E-state index in [-0.39, 0.29) is 5.75 Å². The summed E-state index contributed by atoms with van der Waals surface area (Å²) >= 11 is 0. The molecule has 1 aromatic rings. The van der Waals surface area contributed by atoms with Crippen LogP contribution in [0.25, 0.3) is 0 Å². The van der Waals surface area contributed by atoms with E-state index in [1.54, 1.807) is 7.05 Å². The Labute approximate surface area is 114 Å². The minimum Gasteiger partial charge on any atom is -0.373 e. The van der Waals surface area contributed by atoms with E-state index in [0.29, 0.717) is 13.0 Å². The number of primary sulfonamides is 1. The van der Waals surface area contributed by atoms with Crippen LogP contribution in [0.2, 0.25) is 0 Å². The van der Waals surface area contributed by atoms with Gasteiger partial charge in [0.15, 0.2) is 0 Å². The van der Waals surface area contributed by atoms with Crippen molar-refractivity contribution in [1.82, 2.24) is 9.97 Å². The Morgan fingerprint density at radius 1 is 1.26 bits per heavy atom. The summed E-state index contributed by atoms with van der Waals surface area (Å²) in [5.74, 6) is 2.21. The van der Waals surface area contributed by atoms with Gasteiger partial charge in [0.05, 0.1) is 5.75 Å². The summed E-state index contributed by atoms with van der Waals surface area (Å²) in [4.78, 5) is 8.75. The SMILES string of the molecule is CCc1nc(NC)c(C)c(NCCCS(N)(=O)=O)n1. The fourth-order valence-electron chi connectivity index (χ4n) is 1.62. The molecule has 0 saturated heterocycles. The monoisotopic (exact) mass is 287 g/mol. The zero-order chi connectivity index (χ0) is 14.5. The molecule has 8 heteroatoms. The van der Waals surface area contributed by atoms with Gasteiger partial charge in [0.2, 0.25) is 10.0 Å². The first-order chi connectivity index (χ1) is 8.87. The van der Waals surface area contributed by atoms with Crippen LogP contribution in [0, 0.1) is 6.92 Å². The smallest absolute Gasteiger partial charge is 0.209 e. The highest BCUT2D eigenvalue weighted by Gasteiger charge is 2.09. The molecule has 1 aromatic heterocycles. The summed E-state index contributed by atoms with van der Waals surface area (Å²) in [7, 11) is -1.59. The van der Waals surface area contributed by atoms with Gasteiger partial charge in [-0.1, -0.05) is 6.92 Å². The van der Waals surface area contributed by atoms with Crippen molar-refractivity contribution >= 4 is 21.7 Å². The first-order valence-electron chi connectivity index (χ1n) is 6.17. The largest absolute Gasteiger partial charge is 0.373 e. The number of hydrogen-bond acceptors (Lipinski definition) is 6. The molecular weight excluding hydrogens is 266 g/mol. The second kappa shape index (κ2) is 6.67. The zero-order valence-electron chi connectivity index (χ0n) is 11.5. The Bertz CT molecular complexity index is 530. The van der Waals surface area contributed by atoms with Gasteiger partial charge in [0.1, 0.15) is 17.5 Å². The highest BCUT2D eigenvalue weighted by Crippen LogP contribution is 2.19. The molecule has 1 heterocycles. The Morgan fingerprint density at radius 3 is 2.42 bits per heavy atom. The maximum absolute atomic E-state index is 10.8. The normalized spacial score (nSPS) is 11.4. The summed E-state index contributed by atoms with van der Waals surface area (Å²) in [6.07, 6.45) is 1.18. The lowest BCUT2D eigenvalue weighted by Crippen LogP contribution is -2.19. The van der Waals surface area contributed by atoms with Crippen LogP contribution in [0.3, 0.4) is 0 Å². The van der Waals surface area contributed by atoms with Crippen LogP contribution in [0.1, 0.15) is 24.7 Å². The number of sulfonamides is 1. The van der Waals surface area contributed by atoms with Crippen molar-refractivity contribution in [3.63, 3.8) is 0 Å². The molecule has 0 unspecified atom stereocenters. The number of rotatable bonds is 7. The van der Waals surface area contributed by atoms with Crippen LogP contribution in [0.5, 0.6) is 0 Å². The number of nitrogens with zero attached hydrogens (tertiary/aromatic N) is 2. The molecule has 7 nitrogen and oxygen atoms in total. The number of nitrogens with one attached hydrogen (secondary N) is 2. The lowest BCUT2D eigenvalue weighted by Gasteiger charge is -2.13. The average Bonchev–Trinajstić information content (AvgIpc) is 2.35. The van der Waals surface area contributed by atoms with Gasteiger partial charge >= 0.3 is 0 Å². The molecule has 0 aliphatic heterocycles. The third kappa shape index (κ3) is 4.99. The van der Waals surface area contributed by atoms with Crippen LogP contribution in [0.15, 0.2) is 0 Å². The van der Waals surface area contributed by atoms with Crippen molar-refractivity contribution in [3.8, 4) is 0 Å². The molecule has 0 aromatic carbocycles. The summed E-state index contributed by atoms with van der Waals surface area (Å²) in [5, 5.41) is 11.1. The zero-order valence-corrected chi connectivity index (χ0v) is 12.3. The molecule has 0 spiro atoms. The second-order valence-electron chi connectivity index (χ2n) is 4.21. The topological polar surface area (TPSA) is 110 Å². The average molecular weight is 287 g/mol. The number of hydrogen-bond donors (Lipinski definition) is 3. The Hall–Kier alpha value is -1.41. The molecule has 108 valence electrons. The van der Waals surface area contributed by atoms with E-state index in [9.17, 15) is 8.42 Å². The van der Waals surface area contributed by atoms with Crippen molar-refractivity contribution in [2.45, 2.75) is 26.7 Å². The number of anilines is 2. The van der Waals surface area contributed by atoms with Crippen LogP contribution < -0.4 is 15.8 Å². The van der Waals surface area contributed by atoms with Crippen molar-refractivity contribution in [2.24, 2.45) is 5.14 Å². The Morgan fingerprint density at radius 2 is 1.89 bits per heavy atom. The Kier molecular flexibility index (Phi) is 5.49. The predicted octanol–water partition coefficient (Wildman–Crippen LogP) is 0.480. The van der Waals surface area contributed by atoms with Crippen LogP contribution in [0.4, 0.5) is 11.6 Å². The quantitative estimate of drug-likeness (QED) is 0.629. The summed E-state index contributed by atoms with van der Waals surface area (Å²) in [6, 6.07) is 0. The third-order valence-corrected chi connectivity index (χ3v) is 3.50. The second-order valence-corrected chi connectivity index (χ2v) is 5.95. The maximum atomic E-state index is 10.8. The molecule has 0 saturated carbocycles.